The SMILES string of the molecule is O=C1NC(=O)C(c2ccc(Oc3ccccc3)cc2)(N2CCCN(C(=O)c3ccc(OC(F)(F)F)cc3)CC2)C(=O)N1. The standard InChI is InChI=1S/C29H25F3N4O6/c30-29(31,32)42-23-11-7-19(8-12-23)24(37)35-15-4-16-36(18-17-35)28(25(38)33-27(40)34-26(28)39)20-9-13-22(14-10-20)41-21-5-2-1-3-6-21/h1-3,5-14H,4,15-18H2,(H2,33,34,38,39,40). The van der Waals surface area contributed by atoms with Crippen LogP contribution in [0.1, 0.15) is 22.3 Å². The average molecular weight is 583 g/mol. The zero-order valence-electron chi connectivity index (χ0n) is 22.0. The number of para-hydroxylation sites is 1. The smallest absolute Gasteiger partial charge is 0.457 e. The number of ether oxygens (including phenoxy) is 2. The van der Waals surface area contributed by atoms with E-state index in [1.54, 1.807) is 41.3 Å². The third-order valence-corrected chi connectivity index (χ3v) is 6.95. The molecule has 0 aromatic heterocycles. The molecule has 0 aliphatic carbocycles. The molecule has 10 nitrogen and oxygen atoms in total. The minimum Gasteiger partial charge on any atom is -0.457 e. The summed E-state index contributed by atoms with van der Waals surface area (Å²) in [7, 11) is 0. The summed E-state index contributed by atoms with van der Waals surface area (Å²) >= 11 is 0. The van der Waals surface area contributed by atoms with Crippen molar-refractivity contribution in [3.63, 3.8) is 0 Å². The van der Waals surface area contributed by atoms with E-state index in [-0.39, 0.29) is 31.7 Å². The Morgan fingerprint density at radius 3 is 1.95 bits per heavy atom. The fraction of sp³-hybridized carbons (Fsp3) is 0.241. The molecule has 5 amide bonds. The molecule has 42 heavy (non-hydrogen) atoms. The van der Waals surface area contributed by atoms with Gasteiger partial charge in [-0.2, -0.15) is 0 Å². The number of rotatable bonds is 6. The van der Waals surface area contributed by atoms with E-state index in [1.165, 1.54) is 17.0 Å². The number of alkyl halides is 3. The summed E-state index contributed by atoms with van der Waals surface area (Å²) in [6.07, 6.45) is -4.49. The molecule has 0 radical (unpaired) electrons. The molecule has 2 fully saturated rings. The van der Waals surface area contributed by atoms with Crippen LogP contribution < -0.4 is 20.1 Å². The normalized spacial score (nSPS) is 17.6. The van der Waals surface area contributed by atoms with Crippen molar-refractivity contribution in [3.05, 3.63) is 90.0 Å². The summed E-state index contributed by atoms with van der Waals surface area (Å²) in [5.74, 6) is -1.47. The molecule has 2 heterocycles. The zero-order chi connectivity index (χ0) is 29.9. The summed E-state index contributed by atoms with van der Waals surface area (Å²) in [4.78, 5) is 55.2. The van der Waals surface area contributed by atoms with Crippen LogP contribution >= 0.6 is 0 Å². The van der Waals surface area contributed by atoms with Crippen LogP contribution in [-0.4, -0.2) is 66.1 Å². The lowest BCUT2D eigenvalue weighted by Crippen LogP contribution is -2.71. The Morgan fingerprint density at radius 2 is 1.33 bits per heavy atom. The van der Waals surface area contributed by atoms with Gasteiger partial charge in [-0.1, -0.05) is 30.3 Å². The van der Waals surface area contributed by atoms with Crippen LogP contribution in [0.15, 0.2) is 78.9 Å². The lowest BCUT2D eigenvalue weighted by Gasteiger charge is -2.42. The third kappa shape index (κ3) is 5.91. The first kappa shape index (κ1) is 28.6. The quantitative estimate of drug-likeness (QED) is 0.425. The van der Waals surface area contributed by atoms with E-state index in [9.17, 15) is 32.3 Å². The monoisotopic (exact) mass is 582 g/mol. The summed E-state index contributed by atoms with van der Waals surface area (Å²) < 4.78 is 47.1. The van der Waals surface area contributed by atoms with Crippen molar-refractivity contribution in [3.8, 4) is 17.2 Å². The lowest BCUT2D eigenvalue weighted by atomic mass is 9.84. The maximum atomic E-state index is 13.5. The maximum Gasteiger partial charge on any atom is 0.573 e. The Kier molecular flexibility index (Phi) is 7.85. The Labute approximate surface area is 238 Å². The zero-order valence-corrected chi connectivity index (χ0v) is 22.0. The number of carbonyl (C=O) groups is 4. The number of barbiturate groups is 1. The predicted molar refractivity (Wildman–Crippen MR) is 142 cm³/mol. The van der Waals surface area contributed by atoms with E-state index >= 15 is 0 Å². The van der Waals surface area contributed by atoms with Crippen LogP contribution in [0.2, 0.25) is 0 Å². The van der Waals surface area contributed by atoms with Crippen molar-refractivity contribution in [2.75, 3.05) is 26.2 Å². The number of imide groups is 2. The molecule has 2 saturated heterocycles. The third-order valence-electron chi connectivity index (χ3n) is 6.95. The van der Waals surface area contributed by atoms with Gasteiger partial charge in [-0.3, -0.25) is 29.9 Å². The van der Waals surface area contributed by atoms with Gasteiger partial charge in [-0.15, -0.1) is 13.2 Å². The first-order valence-corrected chi connectivity index (χ1v) is 13.0. The van der Waals surface area contributed by atoms with E-state index in [2.05, 4.69) is 15.4 Å². The number of amides is 5. The van der Waals surface area contributed by atoms with E-state index in [1.807, 2.05) is 18.2 Å². The number of hydrogen-bond acceptors (Lipinski definition) is 7. The molecule has 2 aliphatic heterocycles. The summed E-state index contributed by atoms with van der Waals surface area (Å²) in [6.45, 7) is 0.668. The Bertz CT molecular complexity index is 1460. The second kappa shape index (κ2) is 11.5. The van der Waals surface area contributed by atoms with E-state index in [0.717, 1.165) is 12.1 Å². The highest BCUT2D eigenvalue weighted by Gasteiger charge is 2.56. The molecular weight excluding hydrogens is 557 g/mol. The van der Waals surface area contributed by atoms with Crippen LogP contribution in [0.5, 0.6) is 17.2 Å². The van der Waals surface area contributed by atoms with Gasteiger partial charge in [0.1, 0.15) is 17.2 Å². The Balaban J connectivity index is 1.37. The van der Waals surface area contributed by atoms with Gasteiger partial charge in [0.05, 0.1) is 0 Å². The molecule has 2 aliphatic rings. The topological polar surface area (TPSA) is 117 Å². The molecular formula is C29H25F3N4O6. The molecule has 218 valence electrons. The number of benzene rings is 3. The number of urea groups is 1. The van der Waals surface area contributed by atoms with Gasteiger partial charge < -0.3 is 14.4 Å². The van der Waals surface area contributed by atoms with Crippen LogP contribution in [-0.2, 0) is 15.1 Å². The van der Waals surface area contributed by atoms with Gasteiger partial charge in [-0.25, -0.2) is 4.79 Å². The summed E-state index contributed by atoms with van der Waals surface area (Å²) in [5, 5.41) is 4.39. The number of halogens is 3. The van der Waals surface area contributed by atoms with E-state index < -0.39 is 41.4 Å². The van der Waals surface area contributed by atoms with Gasteiger partial charge in [0.2, 0.25) is 5.54 Å². The van der Waals surface area contributed by atoms with Crippen molar-refractivity contribution in [2.45, 2.75) is 18.3 Å². The predicted octanol–water partition coefficient (Wildman–Crippen LogP) is 3.79. The van der Waals surface area contributed by atoms with Crippen LogP contribution in [0, 0.1) is 0 Å². The number of hydrogen-bond donors (Lipinski definition) is 2. The molecule has 2 N–H and O–H groups in total. The van der Waals surface area contributed by atoms with Crippen molar-refractivity contribution in [2.24, 2.45) is 0 Å². The van der Waals surface area contributed by atoms with Crippen LogP contribution in [0.25, 0.3) is 0 Å². The molecule has 0 unspecified atom stereocenters. The second-order valence-electron chi connectivity index (χ2n) is 9.59. The fourth-order valence-electron chi connectivity index (χ4n) is 5.08. The Morgan fingerprint density at radius 1 is 0.738 bits per heavy atom. The fourth-order valence-corrected chi connectivity index (χ4v) is 5.08. The molecule has 0 atom stereocenters. The number of nitrogens with one attached hydrogen (secondary N) is 2. The highest BCUT2D eigenvalue weighted by Crippen LogP contribution is 2.34. The minimum atomic E-state index is -4.85. The van der Waals surface area contributed by atoms with Gasteiger partial charge in [0.25, 0.3) is 17.7 Å². The van der Waals surface area contributed by atoms with Gasteiger partial charge in [0, 0.05) is 31.7 Å². The second-order valence-corrected chi connectivity index (χ2v) is 9.59. The molecule has 0 spiro atoms. The number of nitrogens with zero attached hydrogens (tertiary/aromatic N) is 2. The maximum absolute atomic E-state index is 13.5. The minimum absolute atomic E-state index is 0.0817. The summed E-state index contributed by atoms with van der Waals surface area (Å²) in [6, 6.07) is 19.1. The lowest BCUT2D eigenvalue weighted by molar-refractivity contribution is -0.274. The van der Waals surface area contributed by atoms with Crippen molar-refractivity contribution < 1.29 is 41.8 Å². The molecule has 3 aromatic carbocycles. The average Bonchev–Trinajstić information content (AvgIpc) is 3.20. The molecule has 13 heteroatoms. The van der Waals surface area contributed by atoms with Crippen LogP contribution in [0.3, 0.4) is 0 Å². The first-order valence-electron chi connectivity index (χ1n) is 13.0. The molecule has 5 rings (SSSR count). The number of carbonyl (C=O) groups excluding carboxylic acids is 4. The van der Waals surface area contributed by atoms with Crippen LogP contribution in [0.4, 0.5) is 18.0 Å². The highest BCUT2D eigenvalue weighted by molar-refractivity contribution is 6.22. The highest BCUT2D eigenvalue weighted by atomic mass is 19.4. The van der Waals surface area contributed by atoms with E-state index in [0.29, 0.717) is 23.5 Å². The van der Waals surface area contributed by atoms with Crippen molar-refractivity contribution in [1.29, 1.82) is 0 Å². The summed E-state index contributed by atoms with van der Waals surface area (Å²) in [5.41, 5.74) is -1.46. The molecule has 3 aromatic rings. The Hall–Kier alpha value is -4.91. The molecule has 0 bridgehead atoms. The first-order chi connectivity index (χ1) is 20.1. The van der Waals surface area contributed by atoms with Crippen molar-refractivity contribution >= 4 is 23.8 Å². The van der Waals surface area contributed by atoms with Gasteiger partial charge in [-0.05, 0) is 60.5 Å². The van der Waals surface area contributed by atoms with Crippen molar-refractivity contribution in [1.82, 2.24) is 20.4 Å². The van der Waals surface area contributed by atoms with Gasteiger partial charge >= 0.3 is 12.4 Å². The largest absolute Gasteiger partial charge is 0.573 e. The van der Waals surface area contributed by atoms with Gasteiger partial charge in [0.15, 0.2) is 0 Å². The molecule has 0 saturated carbocycles. The van der Waals surface area contributed by atoms with E-state index in [4.69, 9.17) is 4.74 Å².